The first kappa shape index (κ1) is 10.6. The molecule has 1 aromatic carbocycles. The molecule has 1 heterocycles. The Kier molecular flexibility index (Phi) is 2.39. The Labute approximate surface area is 91.5 Å². The lowest BCUT2D eigenvalue weighted by molar-refractivity contribution is 0.267. The van der Waals surface area contributed by atoms with E-state index in [1.807, 2.05) is 0 Å². The van der Waals surface area contributed by atoms with Gasteiger partial charge in [-0.25, -0.2) is 8.42 Å². The molecule has 0 aliphatic carbocycles. The summed E-state index contributed by atoms with van der Waals surface area (Å²) in [6, 6.07) is 5.97. The molecule has 0 aliphatic heterocycles. The van der Waals surface area contributed by atoms with Crippen LogP contribution in [0, 0.1) is 0 Å². The van der Waals surface area contributed by atoms with Crippen LogP contribution in [-0.4, -0.2) is 29.9 Å². The number of hydrogen-bond acceptors (Lipinski definition) is 6. The second-order valence-electron chi connectivity index (χ2n) is 3.20. The zero-order chi connectivity index (χ0) is 11.8. The Morgan fingerprint density at radius 2 is 1.88 bits per heavy atom. The average Bonchev–Trinajstić information content (AvgIpc) is 2.64. The zero-order valence-electron chi connectivity index (χ0n) is 8.28. The molecule has 0 unspecified atom stereocenters. The molecule has 1 N–H and O–H groups in total. The number of nitrogens with zero attached hydrogens (tertiary/aromatic N) is 2. The van der Waals surface area contributed by atoms with E-state index < -0.39 is 15.9 Å². The molecule has 16 heavy (non-hydrogen) atoms. The van der Waals surface area contributed by atoms with Crippen molar-refractivity contribution in [1.82, 2.24) is 10.1 Å². The third kappa shape index (κ3) is 2.03. The zero-order valence-corrected chi connectivity index (χ0v) is 9.10. The molecule has 1 aromatic heterocycles. The molecular weight excluding hydrogens is 232 g/mol. The van der Waals surface area contributed by atoms with E-state index in [0.717, 1.165) is 6.26 Å². The van der Waals surface area contributed by atoms with Gasteiger partial charge in [-0.05, 0) is 24.3 Å². The van der Waals surface area contributed by atoms with Crippen molar-refractivity contribution in [3.05, 3.63) is 24.3 Å². The van der Waals surface area contributed by atoms with E-state index >= 15 is 0 Å². The summed E-state index contributed by atoms with van der Waals surface area (Å²) in [4.78, 5) is 3.81. The predicted molar refractivity (Wildman–Crippen MR) is 54.5 cm³/mol. The molecule has 0 atom stereocenters. The Morgan fingerprint density at radius 3 is 2.31 bits per heavy atom. The summed E-state index contributed by atoms with van der Waals surface area (Å²) < 4.78 is 26.8. The first-order valence-corrected chi connectivity index (χ1v) is 6.19. The van der Waals surface area contributed by atoms with E-state index in [1.165, 1.54) is 12.1 Å². The van der Waals surface area contributed by atoms with Crippen molar-refractivity contribution in [2.24, 2.45) is 0 Å². The summed E-state index contributed by atoms with van der Waals surface area (Å²) in [6.07, 6.45) is 0.601. The molecule has 0 saturated carbocycles. The summed E-state index contributed by atoms with van der Waals surface area (Å²) in [7, 11) is -3.21. The first-order chi connectivity index (χ1) is 7.47. The van der Waals surface area contributed by atoms with Crippen LogP contribution < -0.4 is 0 Å². The predicted octanol–water partition coefficient (Wildman–Crippen LogP) is 0.846. The Balaban J connectivity index is 2.40. The molecule has 0 aliphatic rings. The maximum atomic E-state index is 11.2. The minimum atomic E-state index is -3.21. The number of sulfone groups is 1. The molecule has 2 rings (SSSR count). The van der Waals surface area contributed by atoms with Crippen LogP contribution in [0.15, 0.2) is 33.7 Å². The van der Waals surface area contributed by atoms with Crippen molar-refractivity contribution in [3.63, 3.8) is 0 Å². The smallest absolute Gasteiger partial charge is 0.415 e. The normalized spacial score (nSPS) is 11.6. The molecule has 0 fully saturated rings. The van der Waals surface area contributed by atoms with Gasteiger partial charge in [-0.2, -0.15) is 4.98 Å². The minimum absolute atomic E-state index is 0.206. The first-order valence-electron chi connectivity index (χ1n) is 4.30. The van der Waals surface area contributed by atoms with Crippen LogP contribution in [0.3, 0.4) is 0 Å². The molecular formula is C9H8N2O4S. The van der Waals surface area contributed by atoms with Crippen molar-refractivity contribution in [2.75, 3.05) is 6.26 Å². The molecule has 6 nitrogen and oxygen atoms in total. The highest BCUT2D eigenvalue weighted by Crippen LogP contribution is 2.19. The lowest BCUT2D eigenvalue weighted by Crippen LogP contribution is -1.96. The number of aromatic nitrogens is 2. The topological polar surface area (TPSA) is 93.3 Å². The molecule has 0 bridgehead atoms. The largest absolute Gasteiger partial charge is 0.464 e. The van der Waals surface area contributed by atoms with Gasteiger partial charge in [0, 0.05) is 11.8 Å². The van der Waals surface area contributed by atoms with E-state index in [2.05, 4.69) is 14.7 Å². The second kappa shape index (κ2) is 3.60. The van der Waals surface area contributed by atoms with Gasteiger partial charge in [-0.3, -0.25) is 4.52 Å². The highest BCUT2D eigenvalue weighted by atomic mass is 32.2. The maximum Gasteiger partial charge on any atom is 0.415 e. The Morgan fingerprint density at radius 1 is 1.25 bits per heavy atom. The molecule has 0 saturated heterocycles. The third-order valence-corrected chi connectivity index (χ3v) is 3.08. The number of aromatic hydroxyl groups is 1. The fourth-order valence-electron chi connectivity index (χ4n) is 1.18. The van der Waals surface area contributed by atoms with Crippen LogP contribution in [0.2, 0.25) is 0 Å². The molecule has 84 valence electrons. The fourth-order valence-corrected chi connectivity index (χ4v) is 1.81. The van der Waals surface area contributed by atoms with Crippen LogP contribution in [0.1, 0.15) is 0 Å². The summed E-state index contributed by atoms with van der Waals surface area (Å²) >= 11 is 0. The average molecular weight is 240 g/mol. The molecule has 0 radical (unpaired) electrons. The van der Waals surface area contributed by atoms with Gasteiger partial charge in [0.2, 0.25) is 5.82 Å². The molecule has 0 spiro atoms. The van der Waals surface area contributed by atoms with Crippen LogP contribution in [0.5, 0.6) is 6.08 Å². The maximum absolute atomic E-state index is 11.2. The van der Waals surface area contributed by atoms with Gasteiger partial charge < -0.3 is 5.11 Å². The van der Waals surface area contributed by atoms with E-state index in [-0.39, 0.29) is 10.7 Å². The van der Waals surface area contributed by atoms with Gasteiger partial charge in [0.25, 0.3) is 0 Å². The SMILES string of the molecule is CS(=O)(=O)c1ccc(-c2noc(O)n2)cc1. The van der Waals surface area contributed by atoms with Crippen molar-refractivity contribution in [3.8, 4) is 17.5 Å². The summed E-state index contributed by atoms with van der Waals surface area (Å²) in [6.45, 7) is 0. The number of hydrogen-bond donors (Lipinski definition) is 1. The van der Waals surface area contributed by atoms with Crippen LogP contribution >= 0.6 is 0 Å². The minimum Gasteiger partial charge on any atom is -0.464 e. The summed E-state index contributed by atoms with van der Waals surface area (Å²) in [5.74, 6) is 0.206. The molecule has 0 amide bonds. The van der Waals surface area contributed by atoms with Gasteiger partial charge in [-0.1, -0.05) is 5.16 Å². The monoisotopic (exact) mass is 240 g/mol. The Bertz CT molecular complexity index is 601. The van der Waals surface area contributed by atoms with Gasteiger partial charge in [0.05, 0.1) is 4.90 Å². The van der Waals surface area contributed by atoms with Gasteiger partial charge >= 0.3 is 6.08 Å². The van der Waals surface area contributed by atoms with Crippen LogP contribution in [0.25, 0.3) is 11.4 Å². The van der Waals surface area contributed by atoms with Crippen LogP contribution in [0.4, 0.5) is 0 Å². The fraction of sp³-hybridized carbons (Fsp3) is 0.111. The van der Waals surface area contributed by atoms with Crippen molar-refractivity contribution < 1.29 is 18.0 Å². The second-order valence-corrected chi connectivity index (χ2v) is 5.21. The number of rotatable bonds is 2. The quantitative estimate of drug-likeness (QED) is 0.836. The summed E-state index contributed by atoms with van der Waals surface area (Å²) in [5.41, 5.74) is 0.566. The Hall–Kier alpha value is -1.89. The highest BCUT2D eigenvalue weighted by Gasteiger charge is 2.10. The highest BCUT2D eigenvalue weighted by molar-refractivity contribution is 7.90. The van der Waals surface area contributed by atoms with Crippen LogP contribution in [-0.2, 0) is 9.84 Å². The van der Waals surface area contributed by atoms with E-state index in [4.69, 9.17) is 5.11 Å². The van der Waals surface area contributed by atoms with Crippen molar-refractivity contribution >= 4 is 9.84 Å². The van der Waals surface area contributed by atoms with E-state index in [0.29, 0.717) is 5.56 Å². The molecule has 7 heteroatoms. The number of benzene rings is 1. The van der Waals surface area contributed by atoms with Gasteiger partial charge in [0.15, 0.2) is 9.84 Å². The lowest BCUT2D eigenvalue weighted by atomic mass is 10.2. The van der Waals surface area contributed by atoms with E-state index in [1.54, 1.807) is 12.1 Å². The standard InChI is InChI=1S/C9H8N2O4S/c1-16(13,14)7-4-2-6(3-5-7)8-10-9(12)15-11-8/h2-5H,1H3,(H,10,11,12). The summed E-state index contributed by atoms with van der Waals surface area (Å²) in [5, 5.41) is 12.4. The van der Waals surface area contributed by atoms with Gasteiger partial charge in [0.1, 0.15) is 0 Å². The lowest BCUT2D eigenvalue weighted by Gasteiger charge is -1.98. The third-order valence-electron chi connectivity index (χ3n) is 1.96. The molecule has 2 aromatic rings. The van der Waals surface area contributed by atoms with Gasteiger partial charge in [-0.15, -0.1) is 0 Å². The van der Waals surface area contributed by atoms with Crippen molar-refractivity contribution in [1.29, 1.82) is 0 Å². The van der Waals surface area contributed by atoms with E-state index in [9.17, 15) is 8.42 Å². The van der Waals surface area contributed by atoms with Crippen molar-refractivity contribution in [2.45, 2.75) is 4.90 Å².